The monoisotopic (exact) mass is 414 g/mol. The summed E-state index contributed by atoms with van der Waals surface area (Å²) in [5.41, 5.74) is 3.63. The molecule has 0 bridgehead atoms. The van der Waals surface area contributed by atoms with Crippen LogP contribution in [0.3, 0.4) is 0 Å². The Morgan fingerprint density at radius 1 is 1.19 bits per heavy atom. The summed E-state index contributed by atoms with van der Waals surface area (Å²) in [7, 11) is 0. The molecule has 5 heteroatoms. The molecule has 2 N–H and O–H groups in total. The molecule has 0 saturated heterocycles. The van der Waals surface area contributed by atoms with Gasteiger partial charge in [-0.1, -0.05) is 17.7 Å². The first kappa shape index (κ1) is 16.1. The summed E-state index contributed by atoms with van der Waals surface area (Å²) in [6, 6.07) is 11.7. The number of rotatable bonds is 4. The van der Waals surface area contributed by atoms with Crippen molar-refractivity contribution in [3.05, 3.63) is 56.1 Å². The van der Waals surface area contributed by atoms with Gasteiger partial charge in [0.05, 0.1) is 17.3 Å². The predicted molar refractivity (Wildman–Crippen MR) is 97.2 cm³/mol. The van der Waals surface area contributed by atoms with E-state index in [1.165, 1.54) is 0 Å². The van der Waals surface area contributed by atoms with Crippen LogP contribution in [-0.4, -0.2) is 12.5 Å². The van der Waals surface area contributed by atoms with Crippen LogP contribution in [-0.2, 0) is 4.79 Å². The van der Waals surface area contributed by atoms with Crippen LogP contribution in [0.1, 0.15) is 11.1 Å². The van der Waals surface area contributed by atoms with Crippen molar-refractivity contribution in [3.8, 4) is 0 Å². The van der Waals surface area contributed by atoms with E-state index >= 15 is 0 Å². The van der Waals surface area contributed by atoms with Gasteiger partial charge in [-0.05, 0) is 77.9 Å². The molecule has 0 radical (unpaired) electrons. The van der Waals surface area contributed by atoms with Gasteiger partial charge in [0.25, 0.3) is 0 Å². The summed E-state index contributed by atoms with van der Waals surface area (Å²) in [5, 5.41) is 6.50. The fourth-order valence-electron chi connectivity index (χ4n) is 2.01. The second kappa shape index (κ2) is 7.13. The highest BCUT2D eigenvalue weighted by molar-refractivity contribution is 14.1. The molecule has 0 unspecified atom stereocenters. The highest BCUT2D eigenvalue weighted by Crippen LogP contribution is 2.27. The van der Waals surface area contributed by atoms with Crippen LogP contribution in [0.5, 0.6) is 0 Å². The lowest BCUT2D eigenvalue weighted by Crippen LogP contribution is -2.22. The first-order valence-corrected chi connectivity index (χ1v) is 7.97. The maximum absolute atomic E-state index is 12.0. The number of aryl methyl sites for hydroxylation is 2. The number of halogens is 2. The Morgan fingerprint density at radius 3 is 2.48 bits per heavy atom. The van der Waals surface area contributed by atoms with E-state index < -0.39 is 0 Å². The minimum absolute atomic E-state index is 0.123. The number of hydrogen-bond acceptors (Lipinski definition) is 2. The molecule has 0 atom stereocenters. The SMILES string of the molecule is Cc1cc(C)c(NC(=O)CNc2ccc(I)cc2)c(Cl)c1. The van der Waals surface area contributed by atoms with E-state index in [1.54, 1.807) is 0 Å². The molecular formula is C16H16ClIN2O. The molecule has 3 nitrogen and oxygen atoms in total. The molecular weight excluding hydrogens is 399 g/mol. The van der Waals surface area contributed by atoms with E-state index in [0.29, 0.717) is 10.7 Å². The van der Waals surface area contributed by atoms with Gasteiger partial charge in [0.1, 0.15) is 0 Å². The Kier molecular flexibility index (Phi) is 5.47. The largest absolute Gasteiger partial charge is 0.376 e. The van der Waals surface area contributed by atoms with Crippen molar-refractivity contribution in [2.45, 2.75) is 13.8 Å². The van der Waals surface area contributed by atoms with Crippen molar-refractivity contribution in [3.63, 3.8) is 0 Å². The third-order valence-corrected chi connectivity index (χ3v) is 4.01. The zero-order valence-electron chi connectivity index (χ0n) is 11.8. The lowest BCUT2D eigenvalue weighted by molar-refractivity contribution is -0.114. The first-order chi connectivity index (χ1) is 9.95. The van der Waals surface area contributed by atoms with Crippen LogP contribution < -0.4 is 10.6 Å². The molecule has 0 spiro atoms. The molecule has 0 heterocycles. The summed E-state index contributed by atoms with van der Waals surface area (Å²) < 4.78 is 1.16. The van der Waals surface area contributed by atoms with Gasteiger partial charge in [-0.3, -0.25) is 4.79 Å². The van der Waals surface area contributed by atoms with Crippen LogP contribution in [0.2, 0.25) is 5.02 Å². The van der Waals surface area contributed by atoms with Gasteiger partial charge in [-0.2, -0.15) is 0 Å². The molecule has 0 aliphatic carbocycles. The van der Waals surface area contributed by atoms with Gasteiger partial charge in [0.2, 0.25) is 5.91 Å². The Morgan fingerprint density at radius 2 is 1.86 bits per heavy atom. The van der Waals surface area contributed by atoms with Crippen LogP contribution in [0.4, 0.5) is 11.4 Å². The van der Waals surface area contributed by atoms with E-state index in [0.717, 1.165) is 20.4 Å². The minimum Gasteiger partial charge on any atom is -0.376 e. The summed E-state index contributed by atoms with van der Waals surface area (Å²) in [5.74, 6) is -0.123. The molecule has 1 amide bonds. The second-order valence-corrected chi connectivity index (χ2v) is 6.50. The topological polar surface area (TPSA) is 41.1 Å². The molecule has 21 heavy (non-hydrogen) atoms. The number of hydrogen-bond donors (Lipinski definition) is 2. The normalized spacial score (nSPS) is 10.3. The number of benzene rings is 2. The second-order valence-electron chi connectivity index (χ2n) is 4.85. The van der Waals surface area contributed by atoms with Gasteiger partial charge in [-0.15, -0.1) is 0 Å². The molecule has 2 aromatic rings. The van der Waals surface area contributed by atoms with Crippen molar-refractivity contribution in [2.75, 3.05) is 17.2 Å². The van der Waals surface area contributed by atoms with Crippen LogP contribution in [0.15, 0.2) is 36.4 Å². The highest BCUT2D eigenvalue weighted by atomic mass is 127. The van der Waals surface area contributed by atoms with Crippen molar-refractivity contribution in [2.24, 2.45) is 0 Å². The smallest absolute Gasteiger partial charge is 0.243 e. The van der Waals surface area contributed by atoms with Crippen molar-refractivity contribution < 1.29 is 4.79 Å². The quantitative estimate of drug-likeness (QED) is 0.717. The van der Waals surface area contributed by atoms with E-state index in [4.69, 9.17) is 11.6 Å². The summed E-state index contributed by atoms with van der Waals surface area (Å²) >= 11 is 8.42. The fraction of sp³-hybridized carbons (Fsp3) is 0.188. The number of anilines is 2. The highest BCUT2D eigenvalue weighted by Gasteiger charge is 2.09. The van der Waals surface area contributed by atoms with Gasteiger partial charge < -0.3 is 10.6 Å². The molecule has 0 fully saturated rings. The minimum atomic E-state index is -0.123. The van der Waals surface area contributed by atoms with E-state index in [2.05, 4.69) is 33.2 Å². The Bertz CT molecular complexity index is 633. The summed E-state index contributed by atoms with van der Waals surface area (Å²) in [6.07, 6.45) is 0. The zero-order chi connectivity index (χ0) is 15.4. The number of carbonyl (C=O) groups excluding carboxylic acids is 1. The summed E-state index contributed by atoms with van der Waals surface area (Å²) in [6.45, 7) is 4.11. The average molecular weight is 415 g/mol. The standard InChI is InChI=1S/C16H16ClIN2O/c1-10-7-11(2)16(14(17)8-10)20-15(21)9-19-13-5-3-12(18)4-6-13/h3-8,19H,9H2,1-2H3,(H,20,21). The fourth-order valence-corrected chi connectivity index (χ4v) is 2.74. The van der Waals surface area contributed by atoms with Crippen LogP contribution in [0.25, 0.3) is 0 Å². The lowest BCUT2D eigenvalue weighted by atomic mass is 10.1. The number of carbonyl (C=O) groups is 1. The Labute approximate surface area is 143 Å². The lowest BCUT2D eigenvalue weighted by Gasteiger charge is -2.12. The predicted octanol–water partition coefficient (Wildman–Crippen LogP) is 4.61. The van der Waals surface area contributed by atoms with Crippen LogP contribution >= 0.6 is 34.2 Å². The third kappa shape index (κ3) is 4.61. The van der Waals surface area contributed by atoms with E-state index in [1.807, 2.05) is 50.2 Å². The molecule has 0 aliphatic heterocycles. The van der Waals surface area contributed by atoms with E-state index in [-0.39, 0.29) is 12.5 Å². The van der Waals surface area contributed by atoms with Gasteiger partial charge in [0.15, 0.2) is 0 Å². The van der Waals surface area contributed by atoms with E-state index in [9.17, 15) is 4.79 Å². The maximum Gasteiger partial charge on any atom is 0.243 e. The van der Waals surface area contributed by atoms with Gasteiger partial charge in [0, 0.05) is 9.26 Å². The molecule has 0 aliphatic rings. The number of amides is 1. The van der Waals surface area contributed by atoms with Crippen molar-refractivity contribution >= 4 is 51.5 Å². The Hall–Kier alpha value is -1.27. The van der Waals surface area contributed by atoms with Crippen LogP contribution in [0, 0.1) is 17.4 Å². The van der Waals surface area contributed by atoms with Crippen molar-refractivity contribution in [1.82, 2.24) is 0 Å². The molecule has 2 rings (SSSR count). The molecule has 0 saturated carbocycles. The average Bonchev–Trinajstić information content (AvgIpc) is 2.42. The molecule has 110 valence electrons. The van der Waals surface area contributed by atoms with Crippen molar-refractivity contribution in [1.29, 1.82) is 0 Å². The Balaban J connectivity index is 1.97. The van der Waals surface area contributed by atoms with Gasteiger partial charge >= 0.3 is 0 Å². The first-order valence-electron chi connectivity index (χ1n) is 6.52. The third-order valence-electron chi connectivity index (χ3n) is 2.99. The number of nitrogens with one attached hydrogen (secondary N) is 2. The maximum atomic E-state index is 12.0. The van der Waals surface area contributed by atoms with Gasteiger partial charge in [-0.25, -0.2) is 0 Å². The molecule has 0 aromatic heterocycles. The zero-order valence-corrected chi connectivity index (χ0v) is 14.7. The summed E-state index contributed by atoms with van der Waals surface area (Å²) in [4.78, 5) is 12.0. The molecule has 2 aromatic carbocycles.